The van der Waals surface area contributed by atoms with Gasteiger partial charge in [-0.2, -0.15) is 0 Å². The zero-order valence-corrected chi connectivity index (χ0v) is 15.3. The Morgan fingerprint density at radius 2 is 2.05 bits per heavy atom. The summed E-state index contributed by atoms with van der Waals surface area (Å²) in [6, 6.07) is 3.79. The molecule has 0 saturated carbocycles. The Balaban J connectivity index is 1.92. The zero-order chi connectivity index (χ0) is 15.1. The van der Waals surface area contributed by atoms with Gasteiger partial charge in [-0.05, 0) is 41.9 Å². The van der Waals surface area contributed by atoms with E-state index in [0.717, 1.165) is 26.5 Å². The van der Waals surface area contributed by atoms with Gasteiger partial charge in [-0.3, -0.25) is 4.40 Å². The number of hydrogen-bond donors (Lipinski definition) is 1. The van der Waals surface area contributed by atoms with Crippen molar-refractivity contribution in [1.82, 2.24) is 9.38 Å². The van der Waals surface area contributed by atoms with Crippen LogP contribution in [0.2, 0.25) is 10.0 Å². The lowest BCUT2D eigenvalue weighted by atomic mass is 10.3. The third-order valence-electron chi connectivity index (χ3n) is 3.31. The number of benzene rings is 1. The number of rotatable bonds is 3. The second-order valence-electron chi connectivity index (χ2n) is 4.72. The largest absolute Gasteiger partial charge is 0.378 e. The molecule has 0 aliphatic carbocycles. The topological polar surface area (TPSA) is 29.3 Å². The highest BCUT2D eigenvalue weighted by molar-refractivity contribution is 9.10. The first kappa shape index (κ1) is 15.2. The number of anilines is 1. The molecule has 3 nitrogen and oxygen atoms in total. The van der Waals surface area contributed by atoms with E-state index in [2.05, 4.69) is 42.9 Å². The van der Waals surface area contributed by atoms with Crippen molar-refractivity contribution in [3.8, 4) is 0 Å². The van der Waals surface area contributed by atoms with E-state index in [0.29, 0.717) is 16.6 Å². The van der Waals surface area contributed by atoms with Gasteiger partial charge in [0, 0.05) is 15.5 Å². The number of halogens is 3. The molecule has 0 atom stereocenters. The fraction of sp³-hybridized carbons (Fsp3) is 0.214. The first-order chi connectivity index (χ1) is 9.99. The maximum atomic E-state index is 6.26. The van der Waals surface area contributed by atoms with Crippen molar-refractivity contribution in [3.63, 3.8) is 0 Å². The summed E-state index contributed by atoms with van der Waals surface area (Å²) in [6.07, 6.45) is 0. The lowest BCUT2D eigenvalue weighted by Gasteiger charge is -2.11. The molecule has 110 valence electrons. The number of thiazole rings is 1. The fourth-order valence-electron chi connectivity index (χ4n) is 2.22. The summed E-state index contributed by atoms with van der Waals surface area (Å²) in [5, 5.41) is 6.48. The molecule has 0 unspecified atom stereocenters. The van der Waals surface area contributed by atoms with Crippen LogP contribution < -0.4 is 5.32 Å². The number of fused-ring (bicyclic) bond motifs is 1. The standard InChI is InChI=1S/C14H12BrCl2N3S/c1-7-6-21-14-19-8(2)11(20(7)14)5-18-10-4-3-9(15)12(16)13(10)17/h3-4,6,18H,5H2,1-2H3. The molecule has 1 aromatic carbocycles. The molecule has 3 rings (SSSR count). The van der Waals surface area contributed by atoms with E-state index >= 15 is 0 Å². The van der Waals surface area contributed by atoms with Crippen LogP contribution in [0, 0.1) is 13.8 Å². The van der Waals surface area contributed by atoms with Crippen LogP contribution in [-0.2, 0) is 6.54 Å². The van der Waals surface area contributed by atoms with Gasteiger partial charge < -0.3 is 5.32 Å². The van der Waals surface area contributed by atoms with Crippen molar-refractivity contribution in [3.05, 3.63) is 49.1 Å². The minimum absolute atomic E-state index is 0.517. The molecule has 0 saturated heterocycles. The molecule has 0 radical (unpaired) electrons. The van der Waals surface area contributed by atoms with E-state index in [1.807, 2.05) is 19.1 Å². The van der Waals surface area contributed by atoms with Gasteiger partial charge in [0.05, 0.1) is 33.7 Å². The Hall–Kier alpha value is -0.750. The van der Waals surface area contributed by atoms with Gasteiger partial charge in [0.1, 0.15) is 0 Å². The highest BCUT2D eigenvalue weighted by atomic mass is 79.9. The summed E-state index contributed by atoms with van der Waals surface area (Å²) in [5.74, 6) is 0. The van der Waals surface area contributed by atoms with Crippen LogP contribution in [0.15, 0.2) is 22.0 Å². The lowest BCUT2D eigenvalue weighted by Crippen LogP contribution is -2.05. The molecule has 21 heavy (non-hydrogen) atoms. The number of nitrogens with zero attached hydrogens (tertiary/aromatic N) is 2. The third kappa shape index (κ3) is 2.68. The van der Waals surface area contributed by atoms with E-state index in [9.17, 15) is 0 Å². The molecule has 2 aromatic heterocycles. The summed E-state index contributed by atoms with van der Waals surface area (Å²) in [5.41, 5.74) is 4.16. The molecule has 0 spiro atoms. The third-order valence-corrected chi connectivity index (χ3v) is 6.03. The Bertz CT molecular complexity index is 825. The molecule has 2 heterocycles. The molecule has 0 amide bonds. The number of aromatic nitrogens is 2. The predicted octanol–water partition coefficient (Wildman–Crippen LogP) is 5.69. The molecular weight excluding hydrogens is 393 g/mol. The Kier molecular flexibility index (Phi) is 4.19. The maximum absolute atomic E-state index is 6.26. The predicted molar refractivity (Wildman–Crippen MR) is 94.0 cm³/mol. The van der Waals surface area contributed by atoms with Crippen LogP contribution in [0.3, 0.4) is 0 Å². The van der Waals surface area contributed by atoms with E-state index in [-0.39, 0.29) is 0 Å². The van der Waals surface area contributed by atoms with Gasteiger partial charge >= 0.3 is 0 Å². The number of nitrogens with one attached hydrogen (secondary N) is 1. The molecule has 1 N–H and O–H groups in total. The molecule has 3 aromatic rings. The molecule has 7 heteroatoms. The van der Waals surface area contributed by atoms with Crippen LogP contribution in [0.1, 0.15) is 17.1 Å². The van der Waals surface area contributed by atoms with E-state index in [1.54, 1.807) is 11.3 Å². The number of imidazole rings is 1. The average molecular weight is 405 g/mol. The van der Waals surface area contributed by atoms with E-state index in [4.69, 9.17) is 23.2 Å². The first-order valence-electron chi connectivity index (χ1n) is 6.28. The van der Waals surface area contributed by atoms with Gasteiger partial charge in [-0.25, -0.2) is 4.98 Å². The summed E-state index contributed by atoms with van der Waals surface area (Å²) in [6.45, 7) is 4.74. The summed E-state index contributed by atoms with van der Waals surface area (Å²) < 4.78 is 2.96. The Morgan fingerprint density at radius 1 is 1.29 bits per heavy atom. The van der Waals surface area contributed by atoms with Crippen LogP contribution in [0.25, 0.3) is 4.96 Å². The maximum Gasteiger partial charge on any atom is 0.194 e. The molecule has 0 bridgehead atoms. The van der Waals surface area contributed by atoms with Crippen molar-refractivity contribution in [2.45, 2.75) is 20.4 Å². The van der Waals surface area contributed by atoms with Crippen LogP contribution >= 0.6 is 50.5 Å². The van der Waals surface area contributed by atoms with Crippen LogP contribution in [0.4, 0.5) is 5.69 Å². The Labute approximate surface area is 145 Å². The molecule has 0 aliphatic heterocycles. The van der Waals surface area contributed by atoms with E-state index < -0.39 is 0 Å². The van der Waals surface area contributed by atoms with Crippen molar-refractivity contribution < 1.29 is 0 Å². The number of aryl methyl sites for hydroxylation is 2. The van der Waals surface area contributed by atoms with Crippen molar-refractivity contribution in [2.75, 3.05) is 5.32 Å². The van der Waals surface area contributed by atoms with Gasteiger partial charge in [-0.15, -0.1) is 11.3 Å². The smallest absolute Gasteiger partial charge is 0.194 e. The summed E-state index contributed by atoms with van der Waals surface area (Å²) >= 11 is 17.4. The van der Waals surface area contributed by atoms with Gasteiger partial charge in [0.25, 0.3) is 0 Å². The average Bonchev–Trinajstić information content (AvgIpc) is 2.95. The van der Waals surface area contributed by atoms with Gasteiger partial charge in [0.15, 0.2) is 4.96 Å². The minimum atomic E-state index is 0.517. The molecular formula is C14H12BrCl2N3S. The molecule has 0 fully saturated rings. The van der Waals surface area contributed by atoms with Crippen molar-refractivity contribution in [1.29, 1.82) is 0 Å². The van der Waals surface area contributed by atoms with Crippen molar-refractivity contribution in [2.24, 2.45) is 0 Å². The fourth-order valence-corrected chi connectivity index (χ4v) is 3.99. The first-order valence-corrected chi connectivity index (χ1v) is 8.71. The SMILES string of the molecule is Cc1nc2scc(C)n2c1CNc1ccc(Br)c(Cl)c1Cl. The highest BCUT2D eigenvalue weighted by Crippen LogP contribution is 2.36. The minimum Gasteiger partial charge on any atom is -0.378 e. The van der Waals surface area contributed by atoms with Crippen LogP contribution in [0.5, 0.6) is 0 Å². The van der Waals surface area contributed by atoms with Crippen molar-refractivity contribution >= 4 is 61.1 Å². The second kappa shape index (κ2) is 5.80. The second-order valence-corrected chi connectivity index (χ2v) is 7.16. The normalized spacial score (nSPS) is 11.3. The van der Waals surface area contributed by atoms with Gasteiger partial charge in [-0.1, -0.05) is 23.2 Å². The monoisotopic (exact) mass is 403 g/mol. The highest BCUT2D eigenvalue weighted by Gasteiger charge is 2.13. The van der Waals surface area contributed by atoms with Gasteiger partial charge in [0.2, 0.25) is 0 Å². The lowest BCUT2D eigenvalue weighted by molar-refractivity contribution is 0.966. The summed E-state index contributed by atoms with van der Waals surface area (Å²) in [4.78, 5) is 5.59. The molecule has 0 aliphatic rings. The number of hydrogen-bond acceptors (Lipinski definition) is 3. The summed E-state index contributed by atoms with van der Waals surface area (Å²) in [7, 11) is 0. The quantitative estimate of drug-likeness (QED) is 0.567. The zero-order valence-electron chi connectivity index (χ0n) is 11.4. The van der Waals surface area contributed by atoms with Crippen LogP contribution in [-0.4, -0.2) is 9.38 Å². The Morgan fingerprint density at radius 3 is 2.81 bits per heavy atom. The van der Waals surface area contributed by atoms with E-state index in [1.165, 1.54) is 5.69 Å².